The molecule has 0 aliphatic heterocycles. The first-order valence-electron chi connectivity index (χ1n) is 4.90. The van der Waals surface area contributed by atoms with E-state index in [1.807, 2.05) is 0 Å². The van der Waals surface area contributed by atoms with Gasteiger partial charge in [-0.3, -0.25) is 4.79 Å². The van der Waals surface area contributed by atoms with Gasteiger partial charge in [-0.2, -0.15) is 11.3 Å². The summed E-state index contributed by atoms with van der Waals surface area (Å²) in [5.41, 5.74) is 1.32. The van der Waals surface area contributed by atoms with E-state index in [-0.39, 0.29) is 0 Å². The molecule has 0 atom stereocenters. The van der Waals surface area contributed by atoms with Crippen molar-refractivity contribution in [2.24, 2.45) is 5.92 Å². The molecule has 1 nitrogen and oxygen atoms in total. The Morgan fingerprint density at radius 2 is 2.38 bits per heavy atom. The van der Waals surface area contributed by atoms with Crippen molar-refractivity contribution in [1.82, 2.24) is 0 Å². The molecule has 1 aliphatic rings. The molecule has 0 spiro atoms. The summed E-state index contributed by atoms with van der Waals surface area (Å²) < 4.78 is 0. The minimum atomic E-state index is 0.415. The molecule has 0 aromatic carbocycles. The Hall–Kier alpha value is -0.630. The van der Waals surface area contributed by atoms with Crippen molar-refractivity contribution in [3.63, 3.8) is 0 Å². The van der Waals surface area contributed by atoms with Crippen LogP contribution < -0.4 is 0 Å². The molecule has 70 valence electrons. The van der Waals surface area contributed by atoms with Gasteiger partial charge in [0, 0.05) is 12.3 Å². The van der Waals surface area contributed by atoms with Crippen LogP contribution in [0.1, 0.15) is 31.2 Å². The monoisotopic (exact) mass is 194 g/mol. The van der Waals surface area contributed by atoms with Crippen LogP contribution in [-0.2, 0) is 11.2 Å². The maximum atomic E-state index is 11.5. The molecule has 0 amide bonds. The second-order valence-corrected chi connectivity index (χ2v) is 4.51. The first kappa shape index (κ1) is 8.95. The lowest BCUT2D eigenvalue weighted by atomic mass is 9.80. The van der Waals surface area contributed by atoms with Crippen LogP contribution in [0.3, 0.4) is 0 Å². The molecule has 1 aromatic heterocycles. The molecule has 1 saturated carbocycles. The molecular weight excluding hydrogens is 180 g/mol. The molecule has 1 fully saturated rings. The predicted octanol–water partition coefficient (Wildman–Crippen LogP) is 3.05. The Labute approximate surface area is 82.8 Å². The fourth-order valence-electron chi connectivity index (χ4n) is 1.64. The Kier molecular flexibility index (Phi) is 2.79. The van der Waals surface area contributed by atoms with Crippen LogP contribution in [0, 0.1) is 5.92 Å². The van der Waals surface area contributed by atoms with E-state index >= 15 is 0 Å². The molecule has 1 aromatic rings. The highest BCUT2D eigenvalue weighted by atomic mass is 32.1. The molecule has 0 radical (unpaired) electrons. The lowest BCUT2D eigenvalue weighted by Gasteiger charge is -2.23. The second-order valence-electron chi connectivity index (χ2n) is 3.73. The smallest absolute Gasteiger partial charge is 0.136 e. The third-order valence-corrected chi connectivity index (χ3v) is 3.53. The fourth-order valence-corrected chi connectivity index (χ4v) is 2.34. The van der Waals surface area contributed by atoms with Crippen molar-refractivity contribution in [3.05, 3.63) is 22.4 Å². The van der Waals surface area contributed by atoms with Gasteiger partial charge in [-0.15, -0.1) is 0 Å². The van der Waals surface area contributed by atoms with E-state index in [9.17, 15) is 4.79 Å². The number of carbonyl (C=O) groups excluding carboxylic acids is 1. The molecule has 0 bridgehead atoms. The van der Waals surface area contributed by atoms with E-state index in [4.69, 9.17) is 0 Å². The molecule has 0 saturated heterocycles. The number of hydrogen-bond donors (Lipinski definition) is 0. The maximum Gasteiger partial charge on any atom is 0.136 e. The van der Waals surface area contributed by atoms with Gasteiger partial charge in [0.05, 0.1) is 0 Å². The van der Waals surface area contributed by atoms with Crippen LogP contribution in [0.15, 0.2) is 16.8 Å². The molecular formula is C11H14OS. The average Bonchev–Trinajstić information content (AvgIpc) is 2.49. The summed E-state index contributed by atoms with van der Waals surface area (Å²) >= 11 is 1.71. The molecule has 1 heterocycles. The van der Waals surface area contributed by atoms with Gasteiger partial charge in [0.2, 0.25) is 0 Å². The van der Waals surface area contributed by atoms with Crippen LogP contribution in [0.4, 0.5) is 0 Å². The first-order chi connectivity index (χ1) is 6.36. The summed E-state index contributed by atoms with van der Waals surface area (Å²) in [5.74, 6) is 0.899. The number of rotatable bonds is 4. The van der Waals surface area contributed by atoms with Crippen LogP contribution in [-0.4, -0.2) is 5.78 Å². The molecule has 13 heavy (non-hydrogen) atoms. The minimum absolute atomic E-state index is 0.415. The Balaban J connectivity index is 1.76. The van der Waals surface area contributed by atoms with Crippen molar-refractivity contribution in [1.29, 1.82) is 0 Å². The van der Waals surface area contributed by atoms with E-state index in [1.54, 1.807) is 11.3 Å². The van der Waals surface area contributed by atoms with Crippen LogP contribution in [0.2, 0.25) is 0 Å². The van der Waals surface area contributed by atoms with Crippen LogP contribution in [0.5, 0.6) is 0 Å². The average molecular weight is 194 g/mol. The standard InChI is InChI=1S/C11H14OS/c12-11(10-2-1-3-10)5-4-9-6-7-13-8-9/h6-8,10H,1-5H2. The van der Waals surface area contributed by atoms with Crippen LogP contribution >= 0.6 is 11.3 Å². The number of aryl methyl sites for hydroxylation is 1. The quantitative estimate of drug-likeness (QED) is 0.720. The molecule has 0 unspecified atom stereocenters. The van der Waals surface area contributed by atoms with Crippen molar-refractivity contribution >= 4 is 17.1 Å². The molecule has 0 N–H and O–H groups in total. The minimum Gasteiger partial charge on any atom is -0.299 e. The number of thiophene rings is 1. The molecule has 2 heteroatoms. The highest BCUT2D eigenvalue weighted by Crippen LogP contribution is 2.28. The van der Waals surface area contributed by atoms with E-state index < -0.39 is 0 Å². The summed E-state index contributed by atoms with van der Waals surface area (Å²) in [7, 11) is 0. The summed E-state index contributed by atoms with van der Waals surface area (Å²) in [6.07, 6.45) is 5.24. The molecule has 2 rings (SSSR count). The Bertz CT molecular complexity index is 272. The van der Waals surface area contributed by atoms with E-state index in [1.165, 1.54) is 12.0 Å². The van der Waals surface area contributed by atoms with Gasteiger partial charge in [0.1, 0.15) is 5.78 Å². The number of Topliss-reactive ketones (excluding diaryl/α,β-unsaturated/α-hetero) is 1. The lowest BCUT2D eigenvalue weighted by molar-refractivity contribution is -0.125. The third kappa shape index (κ3) is 2.19. The normalized spacial score (nSPS) is 16.9. The van der Waals surface area contributed by atoms with Crippen LogP contribution in [0.25, 0.3) is 0 Å². The topological polar surface area (TPSA) is 17.1 Å². The van der Waals surface area contributed by atoms with Gasteiger partial charge in [-0.1, -0.05) is 6.42 Å². The van der Waals surface area contributed by atoms with Gasteiger partial charge < -0.3 is 0 Å². The van der Waals surface area contributed by atoms with Crippen molar-refractivity contribution in [2.45, 2.75) is 32.1 Å². The Morgan fingerprint density at radius 1 is 1.54 bits per heavy atom. The fraction of sp³-hybridized carbons (Fsp3) is 0.545. The number of carbonyl (C=O) groups is 1. The highest BCUT2D eigenvalue weighted by Gasteiger charge is 2.24. The van der Waals surface area contributed by atoms with E-state index in [2.05, 4.69) is 16.8 Å². The van der Waals surface area contributed by atoms with Gasteiger partial charge in [0.15, 0.2) is 0 Å². The first-order valence-corrected chi connectivity index (χ1v) is 5.84. The maximum absolute atomic E-state index is 11.5. The summed E-state index contributed by atoms with van der Waals surface area (Å²) in [4.78, 5) is 11.5. The van der Waals surface area contributed by atoms with Gasteiger partial charge in [-0.05, 0) is 41.7 Å². The van der Waals surface area contributed by atoms with Gasteiger partial charge >= 0.3 is 0 Å². The Morgan fingerprint density at radius 3 is 2.92 bits per heavy atom. The lowest BCUT2D eigenvalue weighted by Crippen LogP contribution is -2.21. The van der Waals surface area contributed by atoms with E-state index in [0.29, 0.717) is 11.7 Å². The predicted molar refractivity (Wildman–Crippen MR) is 55.0 cm³/mol. The summed E-state index contributed by atoms with van der Waals surface area (Å²) in [5, 5.41) is 4.21. The largest absolute Gasteiger partial charge is 0.299 e. The second kappa shape index (κ2) is 4.05. The van der Waals surface area contributed by atoms with Crippen molar-refractivity contribution < 1.29 is 4.79 Å². The molecule has 1 aliphatic carbocycles. The van der Waals surface area contributed by atoms with Gasteiger partial charge in [-0.25, -0.2) is 0 Å². The SMILES string of the molecule is O=C(CCc1ccsc1)C1CCC1. The van der Waals surface area contributed by atoms with E-state index in [0.717, 1.165) is 25.7 Å². The van der Waals surface area contributed by atoms with Gasteiger partial charge in [0.25, 0.3) is 0 Å². The zero-order valence-electron chi connectivity index (χ0n) is 7.66. The summed E-state index contributed by atoms with van der Waals surface area (Å²) in [6, 6.07) is 2.11. The third-order valence-electron chi connectivity index (χ3n) is 2.80. The summed E-state index contributed by atoms with van der Waals surface area (Å²) in [6.45, 7) is 0. The van der Waals surface area contributed by atoms with Crippen molar-refractivity contribution in [3.8, 4) is 0 Å². The zero-order chi connectivity index (χ0) is 9.10. The highest BCUT2D eigenvalue weighted by molar-refractivity contribution is 7.07. The number of ketones is 1. The number of hydrogen-bond acceptors (Lipinski definition) is 2. The zero-order valence-corrected chi connectivity index (χ0v) is 8.48. The van der Waals surface area contributed by atoms with Crippen molar-refractivity contribution in [2.75, 3.05) is 0 Å².